The number of anilines is 3. The summed E-state index contributed by atoms with van der Waals surface area (Å²) in [5.74, 6) is 0.579. The molecule has 1 aromatic heterocycles. The summed E-state index contributed by atoms with van der Waals surface area (Å²) in [5.41, 5.74) is 3.25. The van der Waals surface area contributed by atoms with Crippen molar-refractivity contribution in [3.63, 3.8) is 0 Å². The van der Waals surface area contributed by atoms with Crippen LogP contribution in [0, 0.1) is 12.7 Å². The Morgan fingerprint density at radius 2 is 1.74 bits per heavy atom. The van der Waals surface area contributed by atoms with E-state index in [4.69, 9.17) is 0 Å². The van der Waals surface area contributed by atoms with E-state index in [2.05, 4.69) is 20.1 Å². The lowest BCUT2D eigenvalue weighted by atomic mass is 10.0. The van der Waals surface area contributed by atoms with Gasteiger partial charge in [0, 0.05) is 51.2 Å². The van der Waals surface area contributed by atoms with E-state index in [0.717, 1.165) is 16.9 Å². The molecule has 0 saturated carbocycles. The van der Waals surface area contributed by atoms with Crippen molar-refractivity contribution in [1.82, 2.24) is 14.8 Å². The highest BCUT2D eigenvalue weighted by atomic mass is 19.1. The summed E-state index contributed by atoms with van der Waals surface area (Å²) >= 11 is 0. The van der Waals surface area contributed by atoms with Crippen LogP contribution in [0.4, 0.5) is 21.6 Å². The molecule has 1 unspecified atom stereocenters. The number of piperazine rings is 1. The SMILES string of the molecule is CCN(CC)C(=O)C(c1ccccc1)N1CCN(c2ccc(Nc3ncccc3C)cc2F)CC1. The molecule has 0 aliphatic carbocycles. The molecular formula is C28H34FN5O. The molecule has 0 spiro atoms. The van der Waals surface area contributed by atoms with Crippen LogP contribution >= 0.6 is 0 Å². The topological polar surface area (TPSA) is 51.7 Å². The van der Waals surface area contributed by atoms with Crippen LogP contribution in [0.5, 0.6) is 0 Å². The van der Waals surface area contributed by atoms with Crippen molar-refractivity contribution in [2.24, 2.45) is 0 Å². The number of nitrogens with zero attached hydrogens (tertiary/aromatic N) is 4. The first kappa shape index (κ1) is 24.7. The van der Waals surface area contributed by atoms with Gasteiger partial charge in [-0.2, -0.15) is 0 Å². The number of aromatic nitrogens is 1. The Bertz CT molecular complexity index is 1130. The molecule has 1 atom stereocenters. The van der Waals surface area contributed by atoms with Crippen molar-refractivity contribution in [2.45, 2.75) is 26.8 Å². The van der Waals surface area contributed by atoms with Gasteiger partial charge in [0.25, 0.3) is 0 Å². The summed E-state index contributed by atoms with van der Waals surface area (Å²) < 4.78 is 15.1. The molecule has 1 N–H and O–H groups in total. The van der Waals surface area contributed by atoms with Crippen LogP contribution in [-0.4, -0.2) is 60.0 Å². The zero-order chi connectivity index (χ0) is 24.8. The lowest BCUT2D eigenvalue weighted by Gasteiger charge is -2.41. The van der Waals surface area contributed by atoms with Gasteiger partial charge in [-0.05, 0) is 56.2 Å². The van der Waals surface area contributed by atoms with Crippen LogP contribution < -0.4 is 10.2 Å². The molecule has 1 amide bonds. The summed E-state index contributed by atoms with van der Waals surface area (Å²) in [5, 5.41) is 3.20. The highest BCUT2D eigenvalue weighted by Gasteiger charge is 2.33. The minimum Gasteiger partial charge on any atom is -0.367 e. The highest BCUT2D eigenvalue weighted by Crippen LogP contribution is 2.29. The molecule has 1 fully saturated rings. The normalized spacial score (nSPS) is 15.0. The molecule has 0 radical (unpaired) electrons. The molecule has 4 rings (SSSR count). The van der Waals surface area contributed by atoms with E-state index in [-0.39, 0.29) is 17.8 Å². The predicted octanol–water partition coefficient (Wildman–Crippen LogP) is 5.00. The molecule has 7 heteroatoms. The van der Waals surface area contributed by atoms with Gasteiger partial charge < -0.3 is 15.1 Å². The van der Waals surface area contributed by atoms with Crippen LogP contribution in [0.2, 0.25) is 0 Å². The number of amides is 1. The van der Waals surface area contributed by atoms with Gasteiger partial charge in [-0.1, -0.05) is 36.4 Å². The van der Waals surface area contributed by atoms with E-state index in [9.17, 15) is 4.79 Å². The van der Waals surface area contributed by atoms with Crippen LogP contribution in [0.3, 0.4) is 0 Å². The predicted molar refractivity (Wildman–Crippen MR) is 140 cm³/mol. The lowest BCUT2D eigenvalue weighted by Crippen LogP contribution is -2.51. The summed E-state index contributed by atoms with van der Waals surface area (Å²) in [6.45, 7) is 10.0. The van der Waals surface area contributed by atoms with Crippen molar-refractivity contribution < 1.29 is 9.18 Å². The Kier molecular flexibility index (Phi) is 7.98. The number of pyridine rings is 1. The van der Waals surface area contributed by atoms with Gasteiger partial charge >= 0.3 is 0 Å². The Labute approximate surface area is 207 Å². The second-order valence-corrected chi connectivity index (χ2v) is 8.81. The van der Waals surface area contributed by atoms with Crippen LogP contribution in [0.1, 0.15) is 31.0 Å². The molecule has 3 aromatic rings. The number of nitrogens with one attached hydrogen (secondary N) is 1. The zero-order valence-corrected chi connectivity index (χ0v) is 20.7. The number of carbonyl (C=O) groups is 1. The van der Waals surface area contributed by atoms with E-state index in [1.54, 1.807) is 6.20 Å². The standard InChI is InChI=1S/C28H34FN5O/c1-4-32(5-2)28(35)26(22-11-7-6-8-12-22)34-18-16-33(17-19-34)25-14-13-23(20-24(25)29)31-27-21(3)10-9-15-30-27/h6-15,20,26H,4-5,16-19H2,1-3H3,(H,30,31). The minimum atomic E-state index is -0.323. The molecule has 0 bridgehead atoms. The molecule has 1 aliphatic rings. The van der Waals surface area contributed by atoms with Crippen LogP contribution in [-0.2, 0) is 4.79 Å². The first-order valence-corrected chi connectivity index (χ1v) is 12.3. The summed E-state index contributed by atoms with van der Waals surface area (Å²) in [4.78, 5) is 23.9. The summed E-state index contributed by atoms with van der Waals surface area (Å²) in [6, 6.07) is 18.7. The molecule has 2 heterocycles. The largest absolute Gasteiger partial charge is 0.367 e. The maximum atomic E-state index is 15.1. The Morgan fingerprint density at radius 3 is 2.37 bits per heavy atom. The fourth-order valence-corrected chi connectivity index (χ4v) is 4.67. The first-order valence-electron chi connectivity index (χ1n) is 12.3. The summed E-state index contributed by atoms with van der Waals surface area (Å²) in [7, 11) is 0. The van der Waals surface area contributed by atoms with E-state index in [1.807, 2.05) is 80.3 Å². The third kappa shape index (κ3) is 5.62. The highest BCUT2D eigenvalue weighted by molar-refractivity contribution is 5.83. The molecule has 184 valence electrons. The van der Waals surface area contributed by atoms with Gasteiger partial charge in [-0.3, -0.25) is 9.69 Å². The zero-order valence-electron chi connectivity index (χ0n) is 20.7. The second-order valence-electron chi connectivity index (χ2n) is 8.81. The summed E-state index contributed by atoms with van der Waals surface area (Å²) in [6.07, 6.45) is 1.72. The molecule has 35 heavy (non-hydrogen) atoms. The number of carbonyl (C=O) groups excluding carboxylic acids is 1. The van der Waals surface area contributed by atoms with E-state index >= 15 is 4.39 Å². The van der Waals surface area contributed by atoms with Crippen molar-refractivity contribution in [1.29, 1.82) is 0 Å². The Morgan fingerprint density at radius 1 is 1.03 bits per heavy atom. The fraction of sp³-hybridized carbons (Fsp3) is 0.357. The number of halogens is 1. The van der Waals surface area contributed by atoms with Gasteiger partial charge in [0.1, 0.15) is 17.7 Å². The van der Waals surface area contributed by atoms with Crippen molar-refractivity contribution in [2.75, 3.05) is 49.5 Å². The van der Waals surface area contributed by atoms with Gasteiger partial charge in [0.15, 0.2) is 0 Å². The lowest BCUT2D eigenvalue weighted by molar-refractivity contribution is -0.137. The van der Waals surface area contributed by atoms with Crippen molar-refractivity contribution in [3.05, 3.63) is 83.8 Å². The maximum absolute atomic E-state index is 15.1. The van der Waals surface area contributed by atoms with Gasteiger partial charge in [0.2, 0.25) is 5.91 Å². The number of hydrogen-bond acceptors (Lipinski definition) is 5. The number of hydrogen-bond donors (Lipinski definition) is 1. The minimum absolute atomic E-state index is 0.126. The number of rotatable bonds is 8. The van der Waals surface area contributed by atoms with E-state index in [1.165, 1.54) is 6.07 Å². The van der Waals surface area contributed by atoms with Crippen molar-refractivity contribution >= 4 is 23.1 Å². The van der Waals surface area contributed by atoms with Crippen molar-refractivity contribution in [3.8, 4) is 0 Å². The average Bonchev–Trinajstić information content (AvgIpc) is 2.88. The van der Waals surface area contributed by atoms with Gasteiger partial charge in [-0.25, -0.2) is 9.37 Å². The number of aryl methyl sites for hydroxylation is 1. The fourth-order valence-electron chi connectivity index (χ4n) is 4.67. The van der Waals surface area contributed by atoms with Crippen LogP contribution in [0.15, 0.2) is 66.9 Å². The molecule has 6 nitrogen and oxygen atoms in total. The van der Waals surface area contributed by atoms with E-state index in [0.29, 0.717) is 50.6 Å². The third-order valence-corrected chi connectivity index (χ3v) is 6.66. The first-order chi connectivity index (χ1) is 17.0. The molecule has 1 saturated heterocycles. The molecule has 2 aromatic carbocycles. The number of likely N-dealkylation sites (N-methyl/N-ethyl adjacent to an activating group) is 1. The van der Waals surface area contributed by atoms with Crippen LogP contribution in [0.25, 0.3) is 0 Å². The Balaban J connectivity index is 1.47. The van der Waals surface area contributed by atoms with Gasteiger partial charge in [0.05, 0.1) is 5.69 Å². The second kappa shape index (κ2) is 11.3. The van der Waals surface area contributed by atoms with E-state index < -0.39 is 0 Å². The maximum Gasteiger partial charge on any atom is 0.244 e. The molecule has 1 aliphatic heterocycles. The molecular weight excluding hydrogens is 441 g/mol. The van der Waals surface area contributed by atoms with Gasteiger partial charge in [-0.15, -0.1) is 0 Å². The number of benzene rings is 2. The third-order valence-electron chi connectivity index (χ3n) is 6.66. The quantitative estimate of drug-likeness (QED) is 0.497. The smallest absolute Gasteiger partial charge is 0.244 e. The Hall–Kier alpha value is -3.45. The average molecular weight is 476 g/mol. The monoisotopic (exact) mass is 475 g/mol.